The van der Waals surface area contributed by atoms with E-state index in [-0.39, 0.29) is 0 Å². The fourth-order valence-corrected chi connectivity index (χ4v) is 0.859. The number of hydrogen-bond donors (Lipinski definition) is 0. The molecule has 0 amide bonds. The third-order valence-electron chi connectivity index (χ3n) is 2.28. The standard InChI is InChI=1S/C10H18/c1-6-8(3)10(5)9(4)7-2/h6-7,10H,1-5H3/b8-6+,9-7+. The molecule has 0 rings (SSSR count). The summed E-state index contributed by atoms with van der Waals surface area (Å²) in [6.07, 6.45) is 4.36. The van der Waals surface area contributed by atoms with Gasteiger partial charge in [0.05, 0.1) is 0 Å². The van der Waals surface area contributed by atoms with Crippen LogP contribution in [-0.4, -0.2) is 0 Å². The summed E-state index contributed by atoms with van der Waals surface area (Å²) in [5, 5.41) is 0. The molecule has 0 aromatic carbocycles. The average molecular weight is 138 g/mol. The van der Waals surface area contributed by atoms with Crippen LogP contribution in [0.4, 0.5) is 0 Å². The molecule has 0 aromatic heterocycles. The minimum Gasteiger partial charge on any atom is -0.0881 e. The molecule has 0 aliphatic heterocycles. The molecule has 0 aliphatic carbocycles. The van der Waals surface area contributed by atoms with Crippen LogP contribution in [0.15, 0.2) is 23.3 Å². The van der Waals surface area contributed by atoms with Gasteiger partial charge in [-0.15, -0.1) is 0 Å². The maximum atomic E-state index is 2.24. The first-order valence-electron chi connectivity index (χ1n) is 3.89. The molecule has 0 saturated carbocycles. The van der Waals surface area contributed by atoms with Crippen molar-refractivity contribution in [3.05, 3.63) is 23.3 Å². The van der Waals surface area contributed by atoms with E-state index in [0.717, 1.165) is 0 Å². The van der Waals surface area contributed by atoms with E-state index in [2.05, 4.69) is 46.8 Å². The second-order valence-electron chi connectivity index (χ2n) is 2.79. The van der Waals surface area contributed by atoms with Gasteiger partial charge in [-0.1, -0.05) is 30.2 Å². The Balaban J connectivity index is 4.22. The van der Waals surface area contributed by atoms with Gasteiger partial charge < -0.3 is 0 Å². The molecule has 0 atom stereocenters. The summed E-state index contributed by atoms with van der Waals surface area (Å²) in [7, 11) is 0. The Hall–Kier alpha value is -0.520. The van der Waals surface area contributed by atoms with E-state index in [9.17, 15) is 0 Å². The largest absolute Gasteiger partial charge is 0.0881 e. The third kappa shape index (κ3) is 2.38. The molecular weight excluding hydrogens is 120 g/mol. The molecule has 0 aromatic rings. The molecule has 0 saturated heterocycles. The summed E-state index contributed by atoms with van der Waals surface area (Å²) in [4.78, 5) is 0. The maximum Gasteiger partial charge on any atom is -0.00272 e. The molecule has 0 unspecified atom stereocenters. The summed E-state index contributed by atoms with van der Waals surface area (Å²) in [6.45, 7) is 10.8. The molecule has 0 aliphatic rings. The lowest BCUT2D eigenvalue weighted by molar-refractivity contribution is 0.795. The first-order chi connectivity index (χ1) is 4.63. The first kappa shape index (κ1) is 9.48. The van der Waals surface area contributed by atoms with Crippen molar-refractivity contribution in [2.24, 2.45) is 5.92 Å². The monoisotopic (exact) mass is 138 g/mol. The number of rotatable bonds is 2. The molecule has 0 fully saturated rings. The van der Waals surface area contributed by atoms with Gasteiger partial charge in [0.2, 0.25) is 0 Å². The van der Waals surface area contributed by atoms with E-state index in [1.807, 2.05) is 0 Å². The first-order valence-corrected chi connectivity index (χ1v) is 3.89. The second-order valence-corrected chi connectivity index (χ2v) is 2.79. The lowest BCUT2D eigenvalue weighted by Gasteiger charge is -2.11. The number of allylic oxidation sites excluding steroid dienone is 4. The summed E-state index contributed by atoms with van der Waals surface area (Å²) in [5.41, 5.74) is 2.91. The highest BCUT2D eigenvalue weighted by Gasteiger charge is 2.02. The van der Waals surface area contributed by atoms with E-state index in [4.69, 9.17) is 0 Å². The lowest BCUT2D eigenvalue weighted by atomic mass is 9.95. The Labute approximate surface area is 64.6 Å². The highest BCUT2D eigenvalue weighted by atomic mass is 14.1. The quantitative estimate of drug-likeness (QED) is 0.512. The van der Waals surface area contributed by atoms with Gasteiger partial charge in [0.1, 0.15) is 0 Å². The van der Waals surface area contributed by atoms with Crippen molar-refractivity contribution < 1.29 is 0 Å². The van der Waals surface area contributed by atoms with E-state index < -0.39 is 0 Å². The van der Waals surface area contributed by atoms with E-state index in [1.165, 1.54) is 11.1 Å². The van der Waals surface area contributed by atoms with Crippen LogP contribution in [0.3, 0.4) is 0 Å². The van der Waals surface area contributed by atoms with Crippen LogP contribution < -0.4 is 0 Å². The molecule has 58 valence electrons. The summed E-state index contributed by atoms with van der Waals surface area (Å²) in [5.74, 6) is 0.620. The van der Waals surface area contributed by atoms with Crippen LogP contribution in [0.1, 0.15) is 34.6 Å². The Bertz CT molecular complexity index is 131. The van der Waals surface area contributed by atoms with Gasteiger partial charge in [-0.25, -0.2) is 0 Å². The highest BCUT2D eigenvalue weighted by Crippen LogP contribution is 2.17. The fourth-order valence-electron chi connectivity index (χ4n) is 0.859. The van der Waals surface area contributed by atoms with Gasteiger partial charge in [0.25, 0.3) is 0 Å². The van der Waals surface area contributed by atoms with Crippen molar-refractivity contribution in [2.75, 3.05) is 0 Å². The van der Waals surface area contributed by atoms with Gasteiger partial charge in [-0.05, 0) is 33.6 Å². The molecule has 0 nitrogen and oxygen atoms in total. The topological polar surface area (TPSA) is 0 Å². The van der Waals surface area contributed by atoms with E-state index in [0.29, 0.717) is 5.92 Å². The summed E-state index contributed by atoms with van der Waals surface area (Å²) < 4.78 is 0. The molecule has 0 heterocycles. The third-order valence-corrected chi connectivity index (χ3v) is 2.28. The number of hydrogen-bond acceptors (Lipinski definition) is 0. The van der Waals surface area contributed by atoms with Gasteiger partial charge in [0.15, 0.2) is 0 Å². The van der Waals surface area contributed by atoms with Crippen LogP contribution in [0.2, 0.25) is 0 Å². The maximum absolute atomic E-state index is 2.24. The van der Waals surface area contributed by atoms with Crippen LogP contribution in [0, 0.1) is 5.92 Å². The molecule has 0 N–H and O–H groups in total. The predicted octanol–water partition coefficient (Wildman–Crippen LogP) is 3.55. The lowest BCUT2D eigenvalue weighted by Crippen LogP contribution is -1.96. The van der Waals surface area contributed by atoms with Crippen molar-refractivity contribution in [3.8, 4) is 0 Å². The van der Waals surface area contributed by atoms with Crippen LogP contribution in [-0.2, 0) is 0 Å². The Morgan fingerprint density at radius 2 is 1.30 bits per heavy atom. The fraction of sp³-hybridized carbons (Fsp3) is 0.600. The van der Waals surface area contributed by atoms with E-state index in [1.54, 1.807) is 0 Å². The van der Waals surface area contributed by atoms with Gasteiger partial charge in [0, 0.05) is 0 Å². The van der Waals surface area contributed by atoms with Gasteiger partial charge in [-0.2, -0.15) is 0 Å². The molecule has 0 bridgehead atoms. The van der Waals surface area contributed by atoms with Gasteiger partial charge >= 0.3 is 0 Å². The van der Waals surface area contributed by atoms with Crippen molar-refractivity contribution in [1.29, 1.82) is 0 Å². The normalized spacial score (nSPS) is 17.3. The van der Waals surface area contributed by atoms with Gasteiger partial charge in [-0.3, -0.25) is 0 Å². The average Bonchev–Trinajstić information content (AvgIpc) is 2.00. The summed E-state index contributed by atoms with van der Waals surface area (Å²) >= 11 is 0. The van der Waals surface area contributed by atoms with Crippen LogP contribution in [0.25, 0.3) is 0 Å². The predicted molar refractivity (Wildman–Crippen MR) is 48.0 cm³/mol. The van der Waals surface area contributed by atoms with E-state index >= 15 is 0 Å². The molecule has 0 heteroatoms. The zero-order valence-electron chi connectivity index (χ0n) is 7.73. The smallest absolute Gasteiger partial charge is 0.00272 e. The van der Waals surface area contributed by atoms with Crippen molar-refractivity contribution in [1.82, 2.24) is 0 Å². The van der Waals surface area contributed by atoms with Crippen LogP contribution in [0.5, 0.6) is 0 Å². The summed E-state index contributed by atoms with van der Waals surface area (Å²) in [6, 6.07) is 0. The second kappa shape index (κ2) is 4.32. The van der Waals surface area contributed by atoms with Crippen molar-refractivity contribution >= 4 is 0 Å². The zero-order chi connectivity index (χ0) is 8.15. The highest BCUT2D eigenvalue weighted by molar-refractivity contribution is 5.15. The zero-order valence-corrected chi connectivity index (χ0v) is 7.73. The van der Waals surface area contributed by atoms with Crippen LogP contribution >= 0.6 is 0 Å². The Morgan fingerprint density at radius 1 is 1.00 bits per heavy atom. The molecule has 10 heavy (non-hydrogen) atoms. The minimum atomic E-state index is 0.620. The van der Waals surface area contributed by atoms with Crippen molar-refractivity contribution in [3.63, 3.8) is 0 Å². The SMILES string of the molecule is C/C=C(\C)C(C)/C(C)=C/C. The molecule has 0 radical (unpaired) electrons. The Kier molecular flexibility index (Phi) is 4.10. The minimum absolute atomic E-state index is 0.620. The molecular formula is C10H18. The van der Waals surface area contributed by atoms with Crippen molar-refractivity contribution in [2.45, 2.75) is 34.6 Å². The Morgan fingerprint density at radius 3 is 1.50 bits per heavy atom. The molecule has 0 spiro atoms.